The van der Waals surface area contributed by atoms with Crippen molar-refractivity contribution in [3.8, 4) is 0 Å². The Kier molecular flexibility index (Phi) is 4.00. The predicted octanol–water partition coefficient (Wildman–Crippen LogP) is 4.01. The standard InChI is InChI=1S/C17H26OSi/c1-12-14-9-7-6-8-10-15(14)16(13(2)18)11-17(12)19(3,4)5/h11H,6-10H2,1-5H3. The minimum absolute atomic E-state index is 0.248. The fraction of sp³-hybridized carbons (Fsp3) is 0.588. The zero-order chi connectivity index (χ0) is 14.2. The van der Waals surface area contributed by atoms with Crippen molar-refractivity contribution >= 4 is 19.0 Å². The average Bonchev–Trinajstić information content (AvgIpc) is 2.53. The predicted molar refractivity (Wildman–Crippen MR) is 85.4 cm³/mol. The molecular weight excluding hydrogens is 248 g/mol. The maximum Gasteiger partial charge on any atom is 0.160 e. The first-order valence-electron chi connectivity index (χ1n) is 7.49. The molecule has 1 aliphatic rings. The Hall–Kier alpha value is -0.893. The molecule has 19 heavy (non-hydrogen) atoms. The summed E-state index contributed by atoms with van der Waals surface area (Å²) in [6.07, 6.45) is 6.07. The topological polar surface area (TPSA) is 17.1 Å². The van der Waals surface area contributed by atoms with E-state index in [1.165, 1.54) is 47.6 Å². The van der Waals surface area contributed by atoms with E-state index in [1.54, 1.807) is 6.92 Å². The number of benzene rings is 1. The van der Waals surface area contributed by atoms with Gasteiger partial charge >= 0.3 is 0 Å². The molecule has 2 rings (SSSR count). The lowest BCUT2D eigenvalue weighted by Crippen LogP contribution is -2.41. The lowest BCUT2D eigenvalue weighted by Gasteiger charge is -2.25. The van der Waals surface area contributed by atoms with Gasteiger partial charge in [0.25, 0.3) is 0 Å². The molecule has 0 aliphatic heterocycles. The molecule has 0 amide bonds. The van der Waals surface area contributed by atoms with Crippen LogP contribution in [0.1, 0.15) is 53.2 Å². The fourth-order valence-electron chi connectivity index (χ4n) is 3.39. The van der Waals surface area contributed by atoms with Gasteiger partial charge < -0.3 is 0 Å². The maximum absolute atomic E-state index is 12.0. The van der Waals surface area contributed by atoms with Crippen LogP contribution in [0.3, 0.4) is 0 Å². The maximum atomic E-state index is 12.0. The molecule has 0 aromatic heterocycles. The zero-order valence-corrected chi connectivity index (χ0v) is 14.0. The van der Waals surface area contributed by atoms with Crippen LogP contribution in [0.2, 0.25) is 19.6 Å². The molecule has 0 N–H and O–H groups in total. The van der Waals surface area contributed by atoms with Crippen LogP contribution in [0.5, 0.6) is 0 Å². The molecular formula is C17H26OSi. The van der Waals surface area contributed by atoms with Gasteiger partial charge in [-0.15, -0.1) is 0 Å². The fourth-order valence-corrected chi connectivity index (χ4v) is 5.24. The molecule has 0 heterocycles. The van der Waals surface area contributed by atoms with E-state index < -0.39 is 8.07 Å². The van der Waals surface area contributed by atoms with E-state index >= 15 is 0 Å². The number of Topliss-reactive ketones (excluding diaryl/α,β-unsaturated/α-hetero) is 1. The molecule has 104 valence electrons. The van der Waals surface area contributed by atoms with Gasteiger partial charge in [-0.1, -0.05) is 37.3 Å². The SMILES string of the molecule is CC(=O)c1cc([Si](C)(C)C)c(C)c2c1CCCCC2. The van der Waals surface area contributed by atoms with Gasteiger partial charge in [0.2, 0.25) is 0 Å². The first kappa shape index (κ1) is 14.5. The summed E-state index contributed by atoms with van der Waals surface area (Å²) in [5.41, 5.74) is 5.37. The number of ketones is 1. The molecule has 0 radical (unpaired) electrons. The second kappa shape index (κ2) is 5.24. The van der Waals surface area contributed by atoms with Crippen LogP contribution in [0.15, 0.2) is 6.07 Å². The molecule has 0 unspecified atom stereocenters. The van der Waals surface area contributed by atoms with Crippen LogP contribution in [-0.4, -0.2) is 13.9 Å². The number of hydrogen-bond acceptors (Lipinski definition) is 1. The van der Waals surface area contributed by atoms with E-state index in [4.69, 9.17) is 0 Å². The second-order valence-corrected chi connectivity index (χ2v) is 12.0. The van der Waals surface area contributed by atoms with Crippen LogP contribution in [0.4, 0.5) is 0 Å². The van der Waals surface area contributed by atoms with Gasteiger partial charge in [-0.2, -0.15) is 0 Å². The number of fused-ring (bicyclic) bond motifs is 1. The average molecular weight is 274 g/mol. The summed E-state index contributed by atoms with van der Waals surface area (Å²) in [7, 11) is -1.38. The summed E-state index contributed by atoms with van der Waals surface area (Å²) < 4.78 is 0. The highest BCUT2D eigenvalue weighted by atomic mass is 28.3. The van der Waals surface area contributed by atoms with Crippen LogP contribution in [0, 0.1) is 6.92 Å². The molecule has 2 heteroatoms. The summed E-state index contributed by atoms with van der Waals surface area (Å²) in [4.78, 5) is 12.0. The Morgan fingerprint density at radius 1 is 1.05 bits per heavy atom. The molecule has 0 bridgehead atoms. The molecule has 1 nitrogen and oxygen atoms in total. The zero-order valence-electron chi connectivity index (χ0n) is 13.0. The van der Waals surface area contributed by atoms with E-state index in [-0.39, 0.29) is 5.78 Å². The summed E-state index contributed by atoms with van der Waals surface area (Å²) in [5, 5.41) is 1.48. The van der Waals surface area contributed by atoms with Gasteiger partial charge in [-0.3, -0.25) is 4.79 Å². The van der Waals surface area contributed by atoms with Gasteiger partial charge in [0.05, 0.1) is 8.07 Å². The van der Waals surface area contributed by atoms with Gasteiger partial charge in [-0.05, 0) is 56.2 Å². The van der Waals surface area contributed by atoms with Crippen LogP contribution >= 0.6 is 0 Å². The smallest absolute Gasteiger partial charge is 0.160 e. The lowest BCUT2D eigenvalue weighted by molar-refractivity contribution is 0.101. The quantitative estimate of drug-likeness (QED) is 0.452. The third-order valence-corrected chi connectivity index (χ3v) is 6.51. The van der Waals surface area contributed by atoms with E-state index in [1.807, 2.05) is 0 Å². The molecule has 1 aromatic carbocycles. The summed E-state index contributed by atoms with van der Waals surface area (Å²) >= 11 is 0. The molecule has 0 atom stereocenters. The largest absolute Gasteiger partial charge is 0.295 e. The van der Waals surface area contributed by atoms with Gasteiger partial charge in [0.15, 0.2) is 5.78 Å². The third-order valence-electron chi connectivity index (χ3n) is 4.38. The van der Waals surface area contributed by atoms with Crippen molar-refractivity contribution in [2.45, 2.75) is 65.6 Å². The first-order chi connectivity index (χ1) is 8.82. The Morgan fingerprint density at radius 3 is 2.16 bits per heavy atom. The van der Waals surface area contributed by atoms with Crippen molar-refractivity contribution < 1.29 is 4.79 Å². The Bertz CT molecular complexity index is 509. The number of hydrogen-bond donors (Lipinski definition) is 0. The van der Waals surface area contributed by atoms with E-state index in [0.29, 0.717) is 0 Å². The number of carbonyl (C=O) groups excluding carboxylic acids is 1. The Labute approximate surface area is 118 Å². The second-order valence-electron chi connectivity index (χ2n) is 6.92. The molecule has 0 saturated carbocycles. The summed E-state index contributed by atoms with van der Waals surface area (Å²) in [6, 6.07) is 2.23. The van der Waals surface area contributed by atoms with E-state index in [0.717, 1.165) is 12.0 Å². The molecule has 1 aliphatic carbocycles. The Balaban J connectivity index is 2.72. The van der Waals surface area contributed by atoms with E-state index in [2.05, 4.69) is 32.6 Å². The van der Waals surface area contributed by atoms with Crippen molar-refractivity contribution in [3.05, 3.63) is 28.3 Å². The van der Waals surface area contributed by atoms with Crippen molar-refractivity contribution in [1.29, 1.82) is 0 Å². The van der Waals surface area contributed by atoms with Crippen molar-refractivity contribution in [2.24, 2.45) is 0 Å². The molecule has 0 saturated heterocycles. The lowest BCUT2D eigenvalue weighted by atomic mass is 9.91. The van der Waals surface area contributed by atoms with Crippen LogP contribution in [0.25, 0.3) is 0 Å². The van der Waals surface area contributed by atoms with E-state index in [9.17, 15) is 4.79 Å². The highest BCUT2D eigenvalue weighted by Gasteiger charge is 2.25. The highest BCUT2D eigenvalue weighted by molar-refractivity contribution is 6.89. The van der Waals surface area contributed by atoms with Crippen molar-refractivity contribution in [3.63, 3.8) is 0 Å². The first-order valence-corrected chi connectivity index (χ1v) is 11.0. The monoisotopic (exact) mass is 274 g/mol. The third kappa shape index (κ3) is 2.84. The van der Waals surface area contributed by atoms with Crippen molar-refractivity contribution in [1.82, 2.24) is 0 Å². The number of carbonyl (C=O) groups is 1. The van der Waals surface area contributed by atoms with Gasteiger partial charge in [0.1, 0.15) is 0 Å². The molecule has 0 spiro atoms. The molecule has 1 aromatic rings. The minimum atomic E-state index is -1.38. The van der Waals surface area contributed by atoms with Crippen LogP contribution in [-0.2, 0) is 12.8 Å². The summed E-state index contributed by atoms with van der Waals surface area (Å²) in [5.74, 6) is 0.248. The van der Waals surface area contributed by atoms with Gasteiger partial charge in [-0.25, -0.2) is 0 Å². The normalized spacial score (nSPS) is 15.8. The van der Waals surface area contributed by atoms with Crippen LogP contribution < -0.4 is 5.19 Å². The van der Waals surface area contributed by atoms with Crippen molar-refractivity contribution in [2.75, 3.05) is 0 Å². The van der Waals surface area contributed by atoms with Gasteiger partial charge in [0, 0.05) is 5.56 Å². The molecule has 0 fully saturated rings. The summed E-state index contributed by atoms with van der Waals surface area (Å²) in [6.45, 7) is 11.1. The highest BCUT2D eigenvalue weighted by Crippen LogP contribution is 2.27. The Morgan fingerprint density at radius 2 is 1.63 bits per heavy atom. The number of rotatable bonds is 2. The minimum Gasteiger partial charge on any atom is -0.295 e.